The van der Waals surface area contributed by atoms with E-state index in [-0.39, 0.29) is 34.0 Å². The normalized spacial score (nSPS) is 24.7. The van der Waals surface area contributed by atoms with Crippen molar-refractivity contribution in [3.63, 3.8) is 0 Å². The number of rotatable bonds is 3. The summed E-state index contributed by atoms with van der Waals surface area (Å²) in [6.07, 6.45) is 0.540. The lowest BCUT2D eigenvalue weighted by Gasteiger charge is -2.49. The summed E-state index contributed by atoms with van der Waals surface area (Å²) >= 11 is 9.08. The van der Waals surface area contributed by atoms with Crippen LogP contribution in [0.3, 0.4) is 0 Å². The predicted octanol–water partition coefficient (Wildman–Crippen LogP) is 3.52. The number of hydrogen-bond donors (Lipinski definition) is 1. The van der Waals surface area contributed by atoms with E-state index in [1.54, 1.807) is 6.07 Å². The van der Waals surface area contributed by atoms with Gasteiger partial charge in [0, 0.05) is 29.0 Å². The lowest BCUT2D eigenvalue weighted by molar-refractivity contribution is -0.386. The van der Waals surface area contributed by atoms with Crippen LogP contribution in [0.4, 0.5) is 5.69 Å². The summed E-state index contributed by atoms with van der Waals surface area (Å²) in [4.78, 5) is 10.6. The highest BCUT2D eigenvalue weighted by Gasteiger charge is 2.48. The Balaban J connectivity index is 2.33. The quantitative estimate of drug-likeness (QED) is 0.669. The molecule has 1 fully saturated rings. The van der Waals surface area contributed by atoms with Crippen LogP contribution >= 0.6 is 27.5 Å². The zero-order chi connectivity index (χ0) is 14.4. The lowest BCUT2D eigenvalue weighted by atomic mass is 9.65. The maximum atomic E-state index is 11.1. The third kappa shape index (κ3) is 2.57. The first kappa shape index (κ1) is 14.6. The first-order valence-corrected chi connectivity index (χ1v) is 6.96. The van der Waals surface area contributed by atoms with Crippen LogP contribution in [-0.4, -0.2) is 17.1 Å². The fourth-order valence-corrected chi connectivity index (χ4v) is 2.95. The Bertz CT molecular complexity index is 536. The van der Waals surface area contributed by atoms with E-state index in [0.29, 0.717) is 10.9 Å². The summed E-state index contributed by atoms with van der Waals surface area (Å²) in [7, 11) is 0. The minimum absolute atomic E-state index is 0.0441. The molecule has 1 aliphatic rings. The van der Waals surface area contributed by atoms with Crippen molar-refractivity contribution < 1.29 is 9.66 Å². The number of halogens is 2. The second-order valence-corrected chi connectivity index (χ2v) is 6.55. The number of nitrogens with two attached hydrogens (primary N) is 1. The zero-order valence-corrected chi connectivity index (χ0v) is 12.9. The van der Waals surface area contributed by atoms with Crippen molar-refractivity contribution in [2.45, 2.75) is 32.4 Å². The molecule has 5 nitrogen and oxygen atoms in total. The smallest absolute Gasteiger partial charge is 0.313 e. The fourth-order valence-electron chi connectivity index (χ4n) is 2.06. The van der Waals surface area contributed by atoms with Gasteiger partial charge in [0.15, 0.2) is 0 Å². The van der Waals surface area contributed by atoms with Crippen molar-refractivity contribution in [2.24, 2.45) is 11.1 Å². The summed E-state index contributed by atoms with van der Waals surface area (Å²) in [6, 6.07) is 2.91. The molecule has 1 saturated carbocycles. The van der Waals surface area contributed by atoms with E-state index in [2.05, 4.69) is 15.9 Å². The topological polar surface area (TPSA) is 78.4 Å². The summed E-state index contributed by atoms with van der Waals surface area (Å²) in [5, 5.41) is 11.3. The molecule has 0 spiro atoms. The van der Waals surface area contributed by atoms with Gasteiger partial charge in [0.2, 0.25) is 5.75 Å². The summed E-state index contributed by atoms with van der Waals surface area (Å²) < 4.78 is 6.26. The molecular weight excluding hydrogens is 336 g/mol. The molecule has 2 N–H and O–H groups in total. The molecule has 2 rings (SSSR count). The van der Waals surface area contributed by atoms with E-state index in [9.17, 15) is 10.1 Å². The van der Waals surface area contributed by atoms with Crippen molar-refractivity contribution in [2.75, 3.05) is 0 Å². The van der Waals surface area contributed by atoms with Gasteiger partial charge >= 0.3 is 5.69 Å². The van der Waals surface area contributed by atoms with Gasteiger partial charge in [0.1, 0.15) is 6.10 Å². The van der Waals surface area contributed by atoms with Gasteiger partial charge in [0.25, 0.3) is 0 Å². The van der Waals surface area contributed by atoms with Gasteiger partial charge < -0.3 is 10.5 Å². The second-order valence-electron chi connectivity index (χ2n) is 5.26. The van der Waals surface area contributed by atoms with Crippen molar-refractivity contribution in [1.82, 2.24) is 0 Å². The highest BCUT2D eigenvalue weighted by molar-refractivity contribution is 9.10. The molecule has 19 heavy (non-hydrogen) atoms. The number of hydrogen-bond acceptors (Lipinski definition) is 4. The van der Waals surface area contributed by atoms with E-state index in [4.69, 9.17) is 22.1 Å². The molecular formula is C12H14BrClN2O3. The zero-order valence-electron chi connectivity index (χ0n) is 10.5. The van der Waals surface area contributed by atoms with Crippen LogP contribution in [0.15, 0.2) is 16.6 Å². The van der Waals surface area contributed by atoms with Crippen LogP contribution in [-0.2, 0) is 0 Å². The number of nitro benzene ring substituents is 1. The molecule has 0 amide bonds. The third-order valence-electron chi connectivity index (χ3n) is 3.70. The molecule has 0 bridgehead atoms. The number of ether oxygens (including phenoxy) is 1. The Morgan fingerprint density at radius 3 is 2.68 bits per heavy atom. The number of benzene rings is 1. The van der Waals surface area contributed by atoms with Crippen LogP contribution < -0.4 is 10.5 Å². The summed E-state index contributed by atoms with van der Waals surface area (Å²) in [6.45, 7) is 3.98. The monoisotopic (exact) mass is 348 g/mol. The molecule has 0 radical (unpaired) electrons. The van der Waals surface area contributed by atoms with Gasteiger partial charge in [-0.1, -0.05) is 25.4 Å². The van der Waals surface area contributed by atoms with E-state index in [1.165, 1.54) is 6.07 Å². The SMILES string of the molecule is CC1(C)C(N)CC1Oc1c(Br)cc(Cl)cc1[N+](=O)[O-]. The Morgan fingerprint density at radius 2 is 2.21 bits per heavy atom. The molecule has 2 unspecified atom stereocenters. The third-order valence-corrected chi connectivity index (χ3v) is 4.51. The van der Waals surface area contributed by atoms with Crippen LogP contribution in [0, 0.1) is 15.5 Å². The molecule has 2 atom stereocenters. The summed E-state index contributed by atoms with van der Waals surface area (Å²) in [5.74, 6) is 0.208. The number of nitrogens with zero attached hydrogens (tertiary/aromatic N) is 1. The highest BCUT2D eigenvalue weighted by Crippen LogP contribution is 2.46. The van der Waals surface area contributed by atoms with Crippen LogP contribution in [0.25, 0.3) is 0 Å². The molecule has 7 heteroatoms. The van der Waals surface area contributed by atoms with E-state index in [1.807, 2.05) is 13.8 Å². The first-order valence-electron chi connectivity index (χ1n) is 5.79. The second kappa shape index (κ2) is 4.92. The molecule has 104 valence electrons. The van der Waals surface area contributed by atoms with Gasteiger partial charge in [-0.15, -0.1) is 0 Å². The van der Waals surface area contributed by atoms with Crippen molar-refractivity contribution in [3.8, 4) is 5.75 Å². The highest BCUT2D eigenvalue weighted by atomic mass is 79.9. The van der Waals surface area contributed by atoms with Gasteiger partial charge in [-0.3, -0.25) is 10.1 Å². The minimum atomic E-state index is -0.502. The van der Waals surface area contributed by atoms with Gasteiger partial charge in [-0.05, 0) is 22.0 Å². The lowest BCUT2D eigenvalue weighted by Crippen LogP contribution is -2.60. The van der Waals surface area contributed by atoms with Crippen molar-refractivity contribution in [3.05, 3.63) is 31.7 Å². The Labute approximate surface area is 124 Å². The van der Waals surface area contributed by atoms with Gasteiger partial charge in [-0.25, -0.2) is 0 Å². The first-order chi connectivity index (χ1) is 8.73. The average Bonchev–Trinajstić information content (AvgIpc) is 2.30. The molecule has 0 heterocycles. The molecule has 0 saturated heterocycles. The van der Waals surface area contributed by atoms with Crippen LogP contribution in [0.2, 0.25) is 5.02 Å². The average molecular weight is 350 g/mol. The van der Waals surface area contributed by atoms with Crippen LogP contribution in [0.5, 0.6) is 5.75 Å². The molecule has 1 aromatic rings. The Morgan fingerprint density at radius 1 is 1.58 bits per heavy atom. The van der Waals surface area contributed by atoms with Gasteiger partial charge in [-0.2, -0.15) is 0 Å². The van der Waals surface area contributed by atoms with Crippen molar-refractivity contribution >= 4 is 33.2 Å². The maximum absolute atomic E-state index is 11.1. The molecule has 0 aliphatic heterocycles. The van der Waals surface area contributed by atoms with Crippen molar-refractivity contribution in [1.29, 1.82) is 0 Å². The van der Waals surface area contributed by atoms with Gasteiger partial charge in [0.05, 0.1) is 9.40 Å². The Hall–Kier alpha value is -0.850. The molecule has 0 aromatic heterocycles. The molecule has 1 aliphatic carbocycles. The Kier molecular flexibility index (Phi) is 3.77. The largest absolute Gasteiger partial charge is 0.482 e. The molecule has 1 aromatic carbocycles. The van der Waals surface area contributed by atoms with E-state index >= 15 is 0 Å². The fraction of sp³-hybridized carbons (Fsp3) is 0.500. The van der Waals surface area contributed by atoms with Crippen LogP contribution in [0.1, 0.15) is 20.3 Å². The predicted molar refractivity (Wildman–Crippen MR) is 76.6 cm³/mol. The van der Waals surface area contributed by atoms with E-state index in [0.717, 1.165) is 0 Å². The minimum Gasteiger partial charge on any atom is -0.482 e. The van der Waals surface area contributed by atoms with E-state index < -0.39 is 4.92 Å². The standard InChI is InChI=1S/C12H14BrClN2O3/c1-12(2)9(15)5-10(12)19-11-7(13)3-6(14)4-8(11)16(17)18/h3-4,9-10H,5,15H2,1-2H3. The summed E-state index contributed by atoms with van der Waals surface area (Å²) in [5.41, 5.74) is 5.57. The maximum Gasteiger partial charge on any atom is 0.313 e. The number of nitro groups is 1.